The third kappa shape index (κ3) is 4.95. The second kappa shape index (κ2) is 9.77. The van der Waals surface area contributed by atoms with E-state index in [1.54, 1.807) is 43.3 Å². The number of hydrogen-bond acceptors (Lipinski definition) is 7. The molecule has 9 nitrogen and oxygen atoms in total. The van der Waals surface area contributed by atoms with Gasteiger partial charge in [-0.15, -0.1) is 4.68 Å². The number of halogens is 1. The largest absolute Gasteiger partial charge is 0.490 e. The van der Waals surface area contributed by atoms with Crippen LogP contribution in [0.2, 0.25) is 0 Å². The topological polar surface area (TPSA) is 112 Å². The van der Waals surface area contributed by atoms with E-state index in [-0.39, 0.29) is 0 Å². The number of carbonyl (C=O) groups excluding carboxylic acids is 1. The van der Waals surface area contributed by atoms with Crippen LogP contribution >= 0.6 is 22.6 Å². The summed E-state index contributed by atoms with van der Waals surface area (Å²) in [6, 6.07) is 10.1. The lowest BCUT2D eigenvalue weighted by molar-refractivity contribution is -0.148. The Kier molecular flexibility index (Phi) is 7.10. The Hall–Kier alpha value is -3.15. The van der Waals surface area contributed by atoms with E-state index in [1.165, 1.54) is 13.3 Å². The minimum Gasteiger partial charge on any atom is -0.490 e. The summed E-state index contributed by atoms with van der Waals surface area (Å²) in [6.07, 6.45) is 0.552. The molecule has 0 spiro atoms. The zero-order chi connectivity index (χ0) is 22.5. The van der Waals surface area contributed by atoms with E-state index in [1.807, 2.05) is 29.5 Å². The highest BCUT2D eigenvalue weighted by atomic mass is 127. The molecule has 1 aromatic heterocycles. The maximum Gasteiger partial charge on any atom is 0.349 e. The fraction of sp³-hybridized carbons (Fsp3) is 0.238. The second-order valence-corrected chi connectivity index (χ2v) is 7.55. The van der Waals surface area contributed by atoms with Crippen LogP contribution in [-0.2, 0) is 9.53 Å². The fourth-order valence-electron chi connectivity index (χ4n) is 2.81. The zero-order valence-electron chi connectivity index (χ0n) is 17.0. The lowest BCUT2D eigenvalue weighted by Crippen LogP contribution is -2.32. The maximum atomic E-state index is 12.6. The summed E-state index contributed by atoms with van der Waals surface area (Å²) in [7, 11) is 1.28. The standard InChI is InChI=1S/C21H20IN3O6/c1-4-30-17-10-13(9-15(22)18(17)31-12(2)20(27)29-3)11-23-25-19(26)14-7-5-6-8-16(14)24-21(25)28/h5-12H,4H2,1-3H3,(H,24,28)/t12-/m1/s1. The minimum atomic E-state index is -0.827. The molecule has 3 rings (SSSR count). The predicted octanol–water partition coefficient (Wildman–Crippen LogP) is 2.52. The molecule has 0 unspecified atom stereocenters. The molecule has 3 aromatic rings. The number of carbonyl (C=O) groups is 1. The lowest BCUT2D eigenvalue weighted by atomic mass is 10.2. The first-order chi connectivity index (χ1) is 14.8. The quantitative estimate of drug-likeness (QED) is 0.282. The Bertz CT molecular complexity index is 1260. The van der Waals surface area contributed by atoms with Gasteiger partial charge in [0.1, 0.15) is 0 Å². The number of methoxy groups -OCH3 is 1. The first-order valence-corrected chi connectivity index (χ1v) is 10.4. The molecule has 10 heteroatoms. The molecule has 2 aromatic carbocycles. The number of rotatable bonds is 7. The van der Waals surface area contributed by atoms with Crippen LogP contribution in [0.4, 0.5) is 0 Å². The van der Waals surface area contributed by atoms with Crippen molar-refractivity contribution in [3.63, 3.8) is 0 Å². The van der Waals surface area contributed by atoms with Crippen molar-refractivity contribution in [2.45, 2.75) is 20.0 Å². The van der Waals surface area contributed by atoms with Gasteiger partial charge in [0.05, 0.1) is 34.4 Å². The first-order valence-electron chi connectivity index (χ1n) is 9.35. The highest BCUT2D eigenvalue weighted by Gasteiger charge is 2.20. The molecule has 1 atom stereocenters. The smallest absolute Gasteiger partial charge is 0.349 e. The summed E-state index contributed by atoms with van der Waals surface area (Å²) in [5.41, 5.74) is -0.155. The maximum absolute atomic E-state index is 12.6. The summed E-state index contributed by atoms with van der Waals surface area (Å²) in [4.78, 5) is 39.2. The van der Waals surface area contributed by atoms with Gasteiger partial charge in [-0.2, -0.15) is 5.10 Å². The number of ether oxygens (including phenoxy) is 3. The lowest BCUT2D eigenvalue weighted by Gasteiger charge is -2.17. The molecule has 1 N–H and O–H groups in total. The number of nitrogens with zero attached hydrogens (tertiary/aromatic N) is 2. The van der Waals surface area contributed by atoms with E-state index >= 15 is 0 Å². The molecule has 31 heavy (non-hydrogen) atoms. The number of aromatic amines is 1. The van der Waals surface area contributed by atoms with Crippen LogP contribution in [0.5, 0.6) is 11.5 Å². The number of H-pyrrole nitrogens is 1. The van der Waals surface area contributed by atoms with Crippen molar-refractivity contribution in [2.24, 2.45) is 5.10 Å². The van der Waals surface area contributed by atoms with Crippen molar-refractivity contribution >= 4 is 45.7 Å². The third-order valence-corrected chi connectivity index (χ3v) is 5.07. The fourth-order valence-corrected chi connectivity index (χ4v) is 3.57. The van der Waals surface area contributed by atoms with Crippen LogP contribution in [0, 0.1) is 3.57 Å². The Labute approximate surface area is 190 Å². The van der Waals surface area contributed by atoms with Gasteiger partial charge in [-0.1, -0.05) is 12.1 Å². The number of esters is 1. The molecular weight excluding hydrogens is 517 g/mol. The average Bonchev–Trinajstić information content (AvgIpc) is 2.75. The monoisotopic (exact) mass is 537 g/mol. The van der Waals surface area contributed by atoms with Crippen molar-refractivity contribution in [2.75, 3.05) is 13.7 Å². The van der Waals surface area contributed by atoms with Crippen molar-refractivity contribution in [1.29, 1.82) is 0 Å². The van der Waals surface area contributed by atoms with Crippen LogP contribution in [0.1, 0.15) is 19.4 Å². The highest BCUT2D eigenvalue weighted by molar-refractivity contribution is 14.1. The Morgan fingerprint density at radius 1 is 1.29 bits per heavy atom. The van der Waals surface area contributed by atoms with Gasteiger partial charge in [0, 0.05) is 0 Å². The van der Waals surface area contributed by atoms with Crippen LogP contribution in [0.3, 0.4) is 0 Å². The van der Waals surface area contributed by atoms with Crippen molar-refractivity contribution in [3.05, 3.63) is 66.4 Å². The van der Waals surface area contributed by atoms with Gasteiger partial charge in [0.25, 0.3) is 5.56 Å². The molecule has 0 saturated heterocycles. The molecular formula is C21H20IN3O6. The molecule has 0 fully saturated rings. The molecule has 0 aliphatic rings. The Balaban J connectivity index is 2.00. The Morgan fingerprint density at radius 2 is 2.03 bits per heavy atom. The van der Waals surface area contributed by atoms with Crippen molar-refractivity contribution in [3.8, 4) is 11.5 Å². The van der Waals surface area contributed by atoms with E-state index in [9.17, 15) is 14.4 Å². The van der Waals surface area contributed by atoms with Gasteiger partial charge >= 0.3 is 11.7 Å². The molecule has 0 bridgehead atoms. The molecule has 0 aliphatic heterocycles. The normalized spacial score (nSPS) is 12.1. The Morgan fingerprint density at radius 3 is 2.74 bits per heavy atom. The summed E-state index contributed by atoms with van der Waals surface area (Å²) >= 11 is 2.04. The second-order valence-electron chi connectivity index (χ2n) is 6.38. The molecule has 1 heterocycles. The van der Waals surface area contributed by atoms with Crippen molar-refractivity contribution in [1.82, 2.24) is 9.66 Å². The SMILES string of the molecule is CCOc1cc(C=Nn2c(=O)[nH]c3ccccc3c2=O)cc(I)c1O[C@H](C)C(=O)OC. The van der Waals surface area contributed by atoms with Crippen LogP contribution in [0.15, 0.2) is 51.1 Å². The number of nitrogens with one attached hydrogen (secondary N) is 1. The van der Waals surface area contributed by atoms with E-state index in [2.05, 4.69) is 10.1 Å². The van der Waals surface area contributed by atoms with Crippen molar-refractivity contribution < 1.29 is 19.0 Å². The summed E-state index contributed by atoms with van der Waals surface area (Å²) < 4.78 is 17.5. The van der Waals surface area contributed by atoms with Gasteiger partial charge in [0.2, 0.25) is 0 Å². The molecule has 0 radical (unpaired) electrons. The summed E-state index contributed by atoms with van der Waals surface area (Å²) in [5, 5.41) is 4.41. The zero-order valence-corrected chi connectivity index (χ0v) is 19.2. The average molecular weight is 537 g/mol. The molecule has 0 aliphatic carbocycles. The van der Waals surface area contributed by atoms with Crippen LogP contribution in [-0.4, -0.2) is 41.7 Å². The number of benzene rings is 2. The van der Waals surface area contributed by atoms with E-state index in [0.717, 1.165) is 4.68 Å². The number of hydrogen-bond donors (Lipinski definition) is 1. The first kappa shape index (κ1) is 22.5. The predicted molar refractivity (Wildman–Crippen MR) is 124 cm³/mol. The van der Waals surface area contributed by atoms with E-state index in [4.69, 9.17) is 14.2 Å². The van der Waals surface area contributed by atoms with Gasteiger partial charge in [-0.05, 0) is 66.3 Å². The molecule has 0 saturated carbocycles. The third-order valence-electron chi connectivity index (χ3n) is 4.27. The summed E-state index contributed by atoms with van der Waals surface area (Å²) in [5.74, 6) is 0.267. The van der Waals surface area contributed by atoms with Crippen LogP contribution < -0.4 is 20.7 Å². The highest BCUT2D eigenvalue weighted by Crippen LogP contribution is 2.34. The van der Waals surface area contributed by atoms with Crippen LogP contribution in [0.25, 0.3) is 10.9 Å². The number of para-hydroxylation sites is 1. The molecule has 0 amide bonds. The number of fused-ring (bicyclic) bond motifs is 1. The summed E-state index contributed by atoms with van der Waals surface area (Å²) in [6.45, 7) is 3.75. The van der Waals surface area contributed by atoms with Gasteiger partial charge < -0.3 is 19.2 Å². The minimum absolute atomic E-state index is 0.351. The van der Waals surface area contributed by atoms with E-state index < -0.39 is 23.3 Å². The van der Waals surface area contributed by atoms with Gasteiger partial charge in [-0.25, -0.2) is 9.59 Å². The molecule has 162 valence electrons. The van der Waals surface area contributed by atoms with E-state index in [0.29, 0.717) is 38.1 Å². The van der Waals surface area contributed by atoms with Gasteiger partial charge in [-0.3, -0.25) is 4.79 Å². The van der Waals surface area contributed by atoms with Gasteiger partial charge in [0.15, 0.2) is 17.6 Å². The number of aromatic nitrogens is 2.